The molecule has 1 aromatic carbocycles. The smallest absolute Gasteiger partial charge is 0.152 e. The molecular formula is C14H12ClNOS. The van der Waals surface area contributed by atoms with Gasteiger partial charge in [0.05, 0.1) is 5.02 Å². The van der Waals surface area contributed by atoms with Gasteiger partial charge >= 0.3 is 0 Å². The highest BCUT2D eigenvalue weighted by molar-refractivity contribution is 7.99. The van der Waals surface area contributed by atoms with Crippen LogP contribution in [0.25, 0.3) is 0 Å². The Kier molecular flexibility index (Phi) is 4.04. The molecule has 0 atom stereocenters. The van der Waals surface area contributed by atoms with Crippen molar-refractivity contribution in [1.29, 1.82) is 0 Å². The molecule has 1 aromatic heterocycles. The summed E-state index contributed by atoms with van der Waals surface area (Å²) in [5.74, 6) is 0. The van der Waals surface area contributed by atoms with Crippen LogP contribution in [0.1, 0.15) is 21.5 Å². The molecule has 2 rings (SSSR count). The molecule has 0 unspecified atom stereocenters. The summed E-state index contributed by atoms with van der Waals surface area (Å²) in [7, 11) is 0. The number of pyridine rings is 1. The van der Waals surface area contributed by atoms with Gasteiger partial charge in [0.15, 0.2) is 6.29 Å². The van der Waals surface area contributed by atoms with Crippen molar-refractivity contribution in [3.05, 3.63) is 52.3 Å². The summed E-state index contributed by atoms with van der Waals surface area (Å²) >= 11 is 7.46. The van der Waals surface area contributed by atoms with Gasteiger partial charge in [-0.15, -0.1) is 0 Å². The third kappa shape index (κ3) is 2.74. The highest BCUT2D eigenvalue weighted by Gasteiger charge is 2.09. The minimum Gasteiger partial charge on any atom is -0.298 e. The average molecular weight is 278 g/mol. The van der Waals surface area contributed by atoms with Crippen LogP contribution in [0.2, 0.25) is 5.02 Å². The summed E-state index contributed by atoms with van der Waals surface area (Å²) in [6.45, 7) is 4.10. The lowest BCUT2D eigenvalue weighted by Crippen LogP contribution is -1.90. The van der Waals surface area contributed by atoms with E-state index < -0.39 is 0 Å². The monoisotopic (exact) mass is 277 g/mol. The molecular weight excluding hydrogens is 266 g/mol. The zero-order valence-electron chi connectivity index (χ0n) is 10.1. The Hall–Kier alpha value is -1.32. The topological polar surface area (TPSA) is 30.0 Å². The number of aromatic nitrogens is 1. The molecule has 18 heavy (non-hydrogen) atoms. The van der Waals surface area contributed by atoms with Gasteiger partial charge < -0.3 is 0 Å². The van der Waals surface area contributed by atoms with Crippen LogP contribution in [0, 0.1) is 13.8 Å². The van der Waals surface area contributed by atoms with E-state index in [-0.39, 0.29) is 0 Å². The SMILES string of the molecule is Cc1ccc(Sc2cncc(Cl)c2C=O)c(C)c1. The minimum absolute atomic E-state index is 0.389. The molecule has 0 saturated carbocycles. The van der Waals surface area contributed by atoms with Gasteiger partial charge in [-0.2, -0.15) is 0 Å². The average Bonchev–Trinajstić information content (AvgIpc) is 2.33. The molecule has 0 radical (unpaired) electrons. The van der Waals surface area contributed by atoms with E-state index in [0.717, 1.165) is 16.1 Å². The van der Waals surface area contributed by atoms with Crippen molar-refractivity contribution in [1.82, 2.24) is 4.98 Å². The maximum atomic E-state index is 11.1. The summed E-state index contributed by atoms with van der Waals surface area (Å²) in [5, 5.41) is 0.389. The van der Waals surface area contributed by atoms with Crippen LogP contribution >= 0.6 is 23.4 Å². The molecule has 0 bridgehead atoms. The number of rotatable bonds is 3. The Labute approximate surface area is 115 Å². The molecule has 0 aliphatic carbocycles. The van der Waals surface area contributed by atoms with Crippen molar-refractivity contribution in [3.63, 3.8) is 0 Å². The van der Waals surface area contributed by atoms with Crippen LogP contribution < -0.4 is 0 Å². The third-order valence-corrected chi connectivity index (χ3v) is 4.10. The van der Waals surface area contributed by atoms with Gasteiger partial charge in [0.1, 0.15) is 0 Å². The molecule has 0 spiro atoms. The summed E-state index contributed by atoms with van der Waals surface area (Å²) in [6.07, 6.45) is 3.92. The molecule has 0 N–H and O–H groups in total. The predicted octanol–water partition coefficient (Wildman–Crippen LogP) is 4.32. The lowest BCUT2D eigenvalue weighted by atomic mass is 10.2. The second kappa shape index (κ2) is 5.55. The normalized spacial score (nSPS) is 10.4. The van der Waals surface area contributed by atoms with Crippen molar-refractivity contribution in [2.45, 2.75) is 23.6 Å². The second-order valence-corrected chi connectivity index (χ2v) is 5.51. The molecule has 2 aromatic rings. The van der Waals surface area contributed by atoms with E-state index in [4.69, 9.17) is 11.6 Å². The van der Waals surface area contributed by atoms with Crippen LogP contribution in [0.3, 0.4) is 0 Å². The fraction of sp³-hybridized carbons (Fsp3) is 0.143. The van der Waals surface area contributed by atoms with E-state index >= 15 is 0 Å². The van der Waals surface area contributed by atoms with Crippen LogP contribution in [-0.4, -0.2) is 11.3 Å². The number of aryl methyl sites for hydroxylation is 2. The highest BCUT2D eigenvalue weighted by atomic mass is 35.5. The van der Waals surface area contributed by atoms with E-state index in [1.54, 1.807) is 6.20 Å². The fourth-order valence-electron chi connectivity index (χ4n) is 1.66. The predicted molar refractivity (Wildman–Crippen MR) is 74.7 cm³/mol. The van der Waals surface area contributed by atoms with E-state index in [9.17, 15) is 4.79 Å². The van der Waals surface area contributed by atoms with Gasteiger partial charge in [-0.25, -0.2) is 0 Å². The van der Waals surface area contributed by atoms with Crippen molar-refractivity contribution in [2.24, 2.45) is 0 Å². The first-order chi connectivity index (χ1) is 8.61. The van der Waals surface area contributed by atoms with Crippen LogP contribution in [-0.2, 0) is 0 Å². The summed E-state index contributed by atoms with van der Waals surface area (Å²) in [4.78, 5) is 17.0. The van der Waals surface area contributed by atoms with E-state index in [1.165, 1.54) is 29.1 Å². The van der Waals surface area contributed by atoms with Gasteiger partial charge in [0, 0.05) is 27.7 Å². The summed E-state index contributed by atoms with van der Waals surface area (Å²) in [5.41, 5.74) is 2.89. The molecule has 2 nitrogen and oxygen atoms in total. The number of benzene rings is 1. The van der Waals surface area contributed by atoms with Crippen LogP contribution in [0.15, 0.2) is 40.4 Å². The molecule has 0 aliphatic rings. The molecule has 92 valence electrons. The van der Waals surface area contributed by atoms with Gasteiger partial charge in [0.25, 0.3) is 0 Å². The van der Waals surface area contributed by atoms with Crippen molar-refractivity contribution < 1.29 is 4.79 Å². The first-order valence-corrected chi connectivity index (χ1v) is 6.65. The first-order valence-electron chi connectivity index (χ1n) is 5.45. The Morgan fingerprint density at radius 2 is 2.00 bits per heavy atom. The fourth-order valence-corrected chi connectivity index (χ4v) is 2.89. The molecule has 0 saturated heterocycles. The van der Waals surface area contributed by atoms with E-state index in [0.29, 0.717) is 10.6 Å². The van der Waals surface area contributed by atoms with Crippen LogP contribution in [0.5, 0.6) is 0 Å². The number of halogens is 1. The van der Waals surface area contributed by atoms with Gasteiger partial charge in [0.2, 0.25) is 0 Å². The Balaban J connectivity index is 2.40. The molecule has 0 amide bonds. The summed E-state index contributed by atoms with van der Waals surface area (Å²) in [6, 6.07) is 6.21. The number of hydrogen-bond acceptors (Lipinski definition) is 3. The van der Waals surface area contributed by atoms with Gasteiger partial charge in [-0.05, 0) is 25.5 Å². The van der Waals surface area contributed by atoms with E-state index in [1.807, 2.05) is 19.1 Å². The lowest BCUT2D eigenvalue weighted by Gasteiger charge is -2.08. The lowest BCUT2D eigenvalue weighted by molar-refractivity contribution is 0.112. The number of nitrogens with zero attached hydrogens (tertiary/aromatic N) is 1. The van der Waals surface area contributed by atoms with Crippen molar-refractivity contribution in [2.75, 3.05) is 0 Å². The van der Waals surface area contributed by atoms with Crippen molar-refractivity contribution >= 4 is 29.6 Å². The van der Waals surface area contributed by atoms with Gasteiger partial charge in [-0.3, -0.25) is 9.78 Å². The maximum Gasteiger partial charge on any atom is 0.152 e. The summed E-state index contributed by atoms with van der Waals surface area (Å²) < 4.78 is 0. The molecule has 4 heteroatoms. The molecule has 1 heterocycles. The van der Waals surface area contributed by atoms with E-state index in [2.05, 4.69) is 18.0 Å². The third-order valence-electron chi connectivity index (χ3n) is 2.57. The zero-order valence-corrected chi connectivity index (χ0v) is 11.7. The molecule has 0 fully saturated rings. The van der Waals surface area contributed by atoms with Crippen LogP contribution in [0.4, 0.5) is 0 Å². The number of hydrogen-bond donors (Lipinski definition) is 0. The first kappa shape index (κ1) is 13.1. The Bertz CT molecular complexity index is 598. The Morgan fingerprint density at radius 3 is 2.67 bits per heavy atom. The second-order valence-electron chi connectivity index (χ2n) is 4.02. The quantitative estimate of drug-likeness (QED) is 0.783. The number of carbonyl (C=O) groups is 1. The Morgan fingerprint density at radius 1 is 1.22 bits per heavy atom. The van der Waals surface area contributed by atoms with Crippen molar-refractivity contribution in [3.8, 4) is 0 Å². The zero-order chi connectivity index (χ0) is 13.1. The highest BCUT2D eigenvalue weighted by Crippen LogP contribution is 2.34. The standard InChI is InChI=1S/C14H12ClNOS/c1-9-3-4-13(10(2)5-9)18-14-7-16-6-12(15)11(14)8-17/h3-8H,1-2H3. The number of aldehydes is 1. The van der Waals surface area contributed by atoms with Gasteiger partial charge in [-0.1, -0.05) is 41.1 Å². The maximum absolute atomic E-state index is 11.1. The largest absolute Gasteiger partial charge is 0.298 e. The minimum atomic E-state index is 0.389. The number of carbonyl (C=O) groups excluding carboxylic acids is 1. The molecule has 0 aliphatic heterocycles.